The molecule has 0 spiro atoms. The van der Waals surface area contributed by atoms with E-state index in [0.29, 0.717) is 0 Å². The lowest BCUT2D eigenvalue weighted by molar-refractivity contribution is 0.0864. The third-order valence-electron chi connectivity index (χ3n) is 4.23. The van der Waals surface area contributed by atoms with E-state index in [1.54, 1.807) is 0 Å². The maximum absolute atomic E-state index is 12.7. The average molecular weight is 245 g/mol. The van der Waals surface area contributed by atoms with Gasteiger partial charge in [-0.25, -0.2) is 0 Å². The molecular formula is C15H19NO2. The van der Waals surface area contributed by atoms with Crippen molar-refractivity contribution in [3.05, 3.63) is 29.3 Å². The predicted octanol–water partition coefficient (Wildman–Crippen LogP) is 2.34. The number of carbonyl (C=O) groups excluding carboxylic acids is 1. The number of rotatable bonds is 3. The second kappa shape index (κ2) is 4.39. The van der Waals surface area contributed by atoms with Gasteiger partial charge in [-0.05, 0) is 49.6 Å². The Balaban J connectivity index is 1.92. The van der Waals surface area contributed by atoms with Crippen LogP contribution in [0.15, 0.2) is 18.2 Å². The van der Waals surface area contributed by atoms with Crippen molar-refractivity contribution in [1.82, 2.24) is 5.32 Å². The number of ketones is 1. The highest BCUT2D eigenvalue weighted by Crippen LogP contribution is 2.31. The Morgan fingerprint density at radius 1 is 1.50 bits per heavy atom. The summed E-state index contributed by atoms with van der Waals surface area (Å²) >= 11 is 0. The van der Waals surface area contributed by atoms with Crippen molar-refractivity contribution in [2.45, 2.75) is 38.1 Å². The molecule has 1 fully saturated rings. The molecule has 3 heteroatoms. The molecule has 0 radical (unpaired) electrons. The molecular weight excluding hydrogens is 226 g/mol. The SMILES string of the molecule is CCC1(C(=O)c2ccc3c(c2)CCO3)CCCN1. The molecule has 1 aromatic rings. The molecule has 1 N–H and O–H groups in total. The monoisotopic (exact) mass is 245 g/mol. The van der Waals surface area contributed by atoms with Crippen molar-refractivity contribution in [1.29, 1.82) is 0 Å². The summed E-state index contributed by atoms with van der Waals surface area (Å²) in [5.74, 6) is 1.19. The lowest BCUT2D eigenvalue weighted by Crippen LogP contribution is -2.47. The van der Waals surface area contributed by atoms with Crippen molar-refractivity contribution >= 4 is 5.78 Å². The maximum atomic E-state index is 12.7. The normalized spacial score (nSPS) is 25.8. The van der Waals surface area contributed by atoms with E-state index in [0.717, 1.165) is 50.1 Å². The van der Waals surface area contributed by atoms with E-state index in [1.807, 2.05) is 18.2 Å². The first-order valence-corrected chi connectivity index (χ1v) is 6.81. The predicted molar refractivity (Wildman–Crippen MR) is 70.2 cm³/mol. The first-order valence-electron chi connectivity index (χ1n) is 6.81. The lowest BCUT2D eigenvalue weighted by Gasteiger charge is -2.26. The van der Waals surface area contributed by atoms with Crippen LogP contribution in [-0.4, -0.2) is 24.5 Å². The third-order valence-corrected chi connectivity index (χ3v) is 4.23. The summed E-state index contributed by atoms with van der Waals surface area (Å²) in [5.41, 5.74) is 1.67. The van der Waals surface area contributed by atoms with Crippen molar-refractivity contribution in [2.24, 2.45) is 0 Å². The third kappa shape index (κ3) is 1.74. The van der Waals surface area contributed by atoms with Crippen LogP contribution in [0.25, 0.3) is 0 Å². The van der Waals surface area contributed by atoms with E-state index in [4.69, 9.17) is 4.74 Å². The molecule has 0 bridgehead atoms. The van der Waals surface area contributed by atoms with Crippen LogP contribution < -0.4 is 10.1 Å². The number of Topliss-reactive ketones (excluding diaryl/α,β-unsaturated/α-hetero) is 1. The van der Waals surface area contributed by atoms with Gasteiger partial charge in [0.05, 0.1) is 12.1 Å². The fourth-order valence-electron chi connectivity index (χ4n) is 3.07. The summed E-state index contributed by atoms with van der Waals surface area (Å²) in [6, 6.07) is 5.86. The van der Waals surface area contributed by atoms with Crippen molar-refractivity contribution in [2.75, 3.05) is 13.2 Å². The number of fused-ring (bicyclic) bond motifs is 1. The van der Waals surface area contributed by atoms with E-state index >= 15 is 0 Å². The number of carbonyl (C=O) groups is 1. The fourth-order valence-corrected chi connectivity index (χ4v) is 3.07. The van der Waals surface area contributed by atoms with Crippen LogP contribution in [0.5, 0.6) is 5.75 Å². The number of ether oxygens (including phenoxy) is 1. The summed E-state index contributed by atoms with van der Waals surface area (Å²) in [6.07, 6.45) is 3.83. The zero-order chi connectivity index (χ0) is 12.6. The molecule has 18 heavy (non-hydrogen) atoms. The maximum Gasteiger partial charge on any atom is 0.182 e. The highest BCUT2D eigenvalue weighted by atomic mass is 16.5. The van der Waals surface area contributed by atoms with Gasteiger partial charge in [-0.3, -0.25) is 4.79 Å². The zero-order valence-corrected chi connectivity index (χ0v) is 10.8. The second-order valence-corrected chi connectivity index (χ2v) is 5.22. The molecule has 0 amide bonds. The molecule has 3 nitrogen and oxygen atoms in total. The first-order chi connectivity index (χ1) is 8.75. The fraction of sp³-hybridized carbons (Fsp3) is 0.533. The molecule has 1 aromatic carbocycles. The Morgan fingerprint density at radius 2 is 2.39 bits per heavy atom. The Bertz CT molecular complexity index is 475. The quantitative estimate of drug-likeness (QED) is 0.831. The topological polar surface area (TPSA) is 38.3 Å². The molecule has 2 aliphatic heterocycles. The van der Waals surface area contributed by atoms with E-state index in [-0.39, 0.29) is 11.3 Å². The Morgan fingerprint density at radius 3 is 3.11 bits per heavy atom. The van der Waals surface area contributed by atoms with Crippen LogP contribution in [0.1, 0.15) is 42.1 Å². The average Bonchev–Trinajstić information content (AvgIpc) is 3.06. The van der Waals surface area contributed by atoms with Crippen LogP contribution in [0.4, 0.5) is 0 Å². The standard InChI is InChI=1S/C15H19NO2/c1-2-15(7-3-8-16-15)14(17)12-4-5-13-11(10-12)6-9-18-13/h4-5,10,16H,2-3,6-9H2,1H3. The zero-order valence-electron chi connectivity index (χ0n) is 10.8. The van der Waals surface area contributed by atoms with Crippen molar-refractivity contribution in [3.63, 3.8) is 0 Å². The van der Waals surface area contributed by atoms with Gasteiger partial charge >= 0.3 is 0 Å². The smallest absolute Gasteiger partial charge is 0.182 e. The Labute approximate surface area is 108 Å². The van der Waals surface area contributed by atoms with Gasteiger partial charge in [-0.1, -0.05) is 6.92 Å². The second-order valence-electron chi connectivity index (χ2n) is 5.22. The van der Waals surface area contributed by atoms with Gasteiger partial charge in [0, 0.05) is 12.0 Å². The van der Waals surface area contributed by atoms with Crippen molar-refractivity contribution < 1.29 is 9.53 Å². The van der Waals surface area contributed by atoms with Crippen molar-refractivity contribution in [3.8, 4) is 5.75 Å². The Kier molecular flexibility index (Phi) is 2.86. The van der Waals surface area contributed by atoms with E-state index < -0.39 is 0 Å². The number of hydrogen-bond acceptors (Lipinski definition) is 3. The van der Waals surface area contributed by atoms with Gasteiger partial charge in [-0.15, -0.1) is 0 Å². The first kappa shape index (κ1) is 11.7. The van der Waals surface area contributed by atoms with Gasteiger partial charge in [0.15, 0.2) is 5.78 Å². The van der Waals surface area contributed by atoms with Gasteiger partial charge in [-0.2, -0.15) is 0 Å². The molecule has 0 saturated carbocycles. The number of benzene rings is 1. The summed E-state index contributed by atoms with van der Waals surface area (Å²) in [5, 5.41) is 3.40. The van der Waals surface area contributed by atoms with Gasteiger partial charge < -0.3 is 10.1 Å². The molecule has 1 saturated heterocycles. The van der Waals surface area contributed by atoms with Gasteiger partial charge in [0.2, 0.25) is 0 Å². The lowest BCUT2D eigenvalue weighted by atomic mass is 9.85. The highest BCUT2D eigenvalue weighted by molar-refractivity contribution is 6.03. The van der Waals surface area contributed by atoms with Crippen LogP contribution >= 0.6 is 0 Å². The molecule has 3 rings (SSSR count). The molecule has 2 aliphatic rings. The van der Waals surface area contributed by atoms with Crippen LogP contribution in [-0.2, 0) is 6.42 Å². The highest BCUT2D eigenvalue weighted by Gasteiger charge is 2.39. The van der Waals surface area contributed by atoms with Gasteiger partial charge in [0.25, 0.3) is 0 Å². The molecule has 96 valence electrons. The molecule has 1 atom stereocenters. The number of nitrogens with one attached hydrogen (secondary N) is 1. The van der Waals surface area contributed by atoms with Crippen LogP contribution in [0.2, 0.25) is 0 Å². The number of hydrogen-bond donors (Lipinski definition) is 1. The van der Waals surface area contributed by atoms with E-state index in [2.05, 4.69) is 12.2 Å². The summed E-state index contributed by atoms with van der Waals surface area (Å²) in [4.78, 5) is 12.7. The Hall–Kier alpha value is -1.35. The van der Waals surface area contributed by atoms with Crippen LogP contribution in [0.3, 0.4) is 0 Å². The largest absolute Gasteiger partial charge is 0.493 e. The molecule has 0 aliphatic carbocycles. The molecule has 2 heterocycles. The van der Waals surface area contributed by atoms with E-state index in [1.165, 1.54) is 5.56 Å². The summed E-state index contributed by atoms with van der Waals surface area (Å²) < 4.78 is 5.48. The minimum absolute atomic E-state index is 0.247. The molecule has 0 aromatic heterocycles. The van der Waals surface area contributed by atoms with Gasteiger partial charge in [0.1, 0.15) is 5.75 Å². The van der Waals surface area contributed by atoms with E-state index in [9.17, 15) is 4.79 Å². The van der Waals surface area contributed by atoms with Crippen LogP contribution in [0, 0.1) is 0 Å². The summed E-state index contributed by atoms with van der Waals surface area (Å²) in [6.45, 7) is 3.78. The molecule has 1 unspecified atom stereocenters. The minimum atomic E-state index is -0.326. The summed E-state index contributed by atoms with van der Waals surface area (Å²) in [7, 11) is 0. The minimum Gasteiger partial charge on any atom is -0.493 e.